The van der Waals surface area contributed by atoms with Gasteiger partial charge in [-0.15, -0.1) is 0 Å². The van der Waals surface area contributed by atoms with Gasteiger partial charge in [0.1, 0.15) is 43.7 Å². The summed E-state index contributed by atoms with van der Waals surface area (Å²) in [6.07, 6.45) is 7.26. The Bertz CT molecular complexity index is 1420. The number of rotatable bonds is 14. The van der Waals surface area contributed by atoms with Gasteiger partial charge < -0.3 is 18.9 Å². The third kappa shape index (κ3) is 10.6. The Morgan fingerprint density at radius 2 is 1.05 bits per heavy atom. The molecule has 0 aromatic heterocycles. The Morgan fingerprint density at radius 3 is 1.49 bits per heavy atom. The fourth-order valence-corrected chi connectivity index (χ4v) is 3.35. The summed E-state index contributed by atoms with van der Waals surface area (Å²) >= 11 is 0. The summed E-state index contributed by atoms with van der Waals surface area (Å²) in [6, 6.07) is 19.8. The van der Waals surface area contributed by atoms with Crippen LogP contribution in [0, 0.1) is 5.82 Å². The van der Waals surface area contributed by atoms with Crippen LogP contribution in [0.1, 0.15) is 36.1 Å². The van der Waals surface area contributed by atoms with Crippen LogP contribution in [-0.2, 0) is 19.1 Å². The van der Waals surface area contributed by atoms with Gasteiger partial charge in [0.05, 0.1) is 0 Å². The lowest BCUT2D eigenvalue weighted by molar-refractivity contribution is -0.140. The van der Waals surface area contributed by atoms with Crippen LogP contribution < -0.4 is 9.47 Å². The molecule has 7 heteroatoms. The first-order valence-corrected chi connectivity index (χ1v) is 13.0. The van der Waals surface area contributed by atoms with Crippen LogP contribution in [0.3, 0.4) is 0 Å². The Morgan fingerprint density at radius 1 is 0.634 bits per heavy atom. The highest BCUT2D eigenvalue weighted by Gasteiger charge is 2.04. The van der Waals surface area contributed by atoms with Crippen molar-refractivity contribution in [3.63, 3.8) is 0 Å². The highest BCUT2D eigenvalue weighted by molar-refractivity contribution is 5.87. The van der Waals surface area contributed by atoms with Crippen LogP contribution in [0.4, 0.5) is 4.39 Å². The molecule has 212 valence electrons. The first kappa shape index (κ1) is 30.6. The van der Waals surface area contributed by atoms with E-state index in [-0.39, 0.29) is 32.2 Å². The number of halogens is 1. The Hall–Kier alpha value is -4.91. The maximum Gasteiger partial charge on any atom is 0.333 e. The zero-order valence-corrected chi connectivity index (χ0v) is 23.2. The molecule has 0 bridgehead atoms. The largest absolute Gasteiger partial charge is 0.490 e. The van der Waals surface area contributed by atoms with Gasteiger partial charge in [-0.1, -0.05) is 73.9 Å². The second kappa shape index (κ2) is 15.6. The van der Waals surface area contributed by atoms with Gasteiger partial charge >= 0.3 is 11.9 Å². The average Bonchev–Trinajstić information content (AvgIpc) is 2.96. The standard InChI is InChI=1S/C34H33FO6/c1-24(2)33(36)40-21-19-38-30-15-9-26(10-16-30)5-6-28-8-14-29(32(35)23-28)13-7-27-11-17-31(18-12-27)39-20-22-41-34(37)25(3)4/h5-18,23H,1,3,19-22H2,2,4H3/b6-5+,13-7+. The van der Waals surface area contributed by atoms with Crippen molar-refractivity contribution in [1.82, 2.24) is 0 Å². The van der Waals surface area contributed by atoms with Crippen LogP contribution >= 0.6 is 0 Å². The first-order valence-electron chi connectivity index (χ1n) is 13.0. The van der Waals surface area contributed by atoms with Crippen molar-refractivity contribution >= 4 is 36.2 Å². The lowest BCUT2D eigenvalue weighted by atomic mass is 10.1. The summed E-state index contributed by atoms with van der Waals surface area (Å²) < 4.78 is 35.8. The molecule has 3 aromatic rings. The minimum Gasteiger partial charge on any atom is -0.490 e. The summed E-state index contributed by atoms with van der Waals surface area (Å²) in [5.74, 6) is 0.0771. The molecule has 0 aliphatic heterocycles. The van der Waals surface area contributed by atoms with Crippen LogP contribution in [-0.4, -0.2) is 38.4 Å². The van der Waals surface area contributed by atoms with E-state index in [2.05, 4.69) is 13.2 Å². The summed E-state index contributed by atoms with van der Waals surface area (Å²) in [7, 11) is 0. The second-order valence-corrected chi connectivity index (χ2v) is 9.12. The molecule has 6 nitrogen and oxygen atoms in total. The molecule has 41 heavy (non-hydrogen) atoms. The van der Waals surface area contributed by atoms with E-state index in [1.54, 1.807) is 38.1 Å². The molecule has 0 saturated carbocycles. The number of carbonyl (C=O) groups excluding carboxylic acids is 2. The van der Waals surface area contributed by atoms with E-state index in [9.17, 15) is 14.0 Å². The number of benzene rings is 3. The fraction of sp³-hybridized carbons (Fsp3) is 0.176. The molecular weight excluding hydrogens is 523 g/mol. The molecule has 0 aliphatic carbocycles. The molecule has 0 unspecified atom stereocenters. The van der Waals surface area contributed by atoms with E-state index < -0.39 is 11.9 Å². The molecule has 0 spiro atoms. The molecule has 0 heterocycles. The lowest BCUT2D eigenvalue weighted by Gasteiger charge is -2.07. The number of hydrogen-bond donors (Lipinski definition) is 0. The highest BCUT2D eigenvalue weighted by atomic mass is 19.1. The minimum absolute atomic E-state index is 0.136. The lowest BCUT2D eigenvalue weighted by Crippen LogP contribution is -2.12. The van der Waals surface area contributed by atoms with Crippen molar-refractivity contribution in [2.45, 2.75) is 13.8 Å². The smallest absolute Gasteiger partial charge is 0.333 e. The van der Waals surface area contributed by atoms with E-state index in [1.165, 1.54) is 6.07 Å². The third-order valence-electron chi connectivity index (χ3n) is 5.58. The van der Waals surface area contributed by atoms with Gasteiger partial charge in [-0.05, 0) is 60.9 Å². The van der Waals surface area contributed by atoms with E-state index >= 15 is 0 Å². The number of carbonyl (C=O) groups is 2. The van der Waals surface area contributed by atoms with Crippen molar-refractivity contribution in [3.8, 4) is 11.5 Å². The number of hydrogen-bond acceptors (Lipinski definition) is 6. The van der Waals surface area contributed by atoms with E-state index in [0.717, 1.165) is 16.7 Å². The molecule has 0 saturated heterocycles. The van der Waals surface area contributed by atoms with Crippen molar-refractivity contribution < 1.29 is 32.9 Å². The van der Waals surface area contributed by atoms with Crippen LogP contribution in [0.2, 0.25) is 0 Å². The van der Waals surface area contributed by atoms with Crippen LogP contribution in [0.5, 0.6) is 11.5 Å². The Balaban J connectivity index is 1.47. The SMILES string of the molecule is C=C(C)C(=O)OCCOc1ccc(/C=C/c2ccc(/C=C/c3ccc(OCCOC(=O)C(=C)C)cc3)c(F)c2)cc1. The predicted octanol–water partition coefficient (Wildman–Crippen LogP) is 7.16. The monoisotopic (exact) mass is 556 g/mol. The third-order valence-corrected chi connectivity index (χ3v) is 5.58. The minimum atomic E-state index is -0.444. The van der Waals surface area contributed by atoms with Gasteiger partial charge in [-0.25, -0.2) is 14.0 Å². The molecule has 3 aromatic carbocycles. The van der Waals surface area contributed by atoms with Gasteiger partial charge in [0, 0.05) is 16.7 Å². The maximum atomic E-state index is 14.7. The zero-order valence-electron chi connectivity index (χ0n) is 23.2. The molecule has 0 radical (unpaired) electrons. The van der Waals surface area contributed by atoms with Gasteiger partial charge in [-0.3, -0.25) is 0 Å². The zero-order chi connectivity index (χ0) is 29.6. The molecule has 0 aliphatic rings. The van der Waals surface area contributed by atoms with Gasteiger partial charge in [0.2, 0.25) is 0 Å². The topological polar surface area (TPSA) is 71.1 Å². The summed E-state index contributed by atoms with van der Waals surface area (Å²) in [5, 5.41) is 0. The van der Waals surface area contributed by atoms with Crippen molar-refractivity contribution in [3.05, 3.63) is 119 Å². The number of ether oxygens (including phenoxy) is 4. The quantitative estimate of drug-likeness (QED) is 0.0908. The molecule has 3 rings (SSSR count). The highest BCUT2D eigenvalue weighted by Crippen LogP contribution is 2.19. The normalized spacial score (nSPS) is 10.9. The van der Waals surface area contributed by atoms with Crippen LogP contribution in [0.25, 0.3) is 24.3 Å². The Labute approximate surface area is 240 Å². The maximum absolute atomic E-state index is 14.7. The molecule has 0 N–H and O–H groups in total. The first-order chi connectivity index (χ1) is 19.7. The van der Waals surface area contributed by atoms with E-state index in [0.29, 0.717) is 28.2 Å². The fourth-order valence-electron chi connectivity index (χ4n) is 3.35. The van der Waals surface area contributed by atoms with Crippen molar-refractivity contribution in [1.29, 1.82) is 0 Å². The number of esters is 2. The summed E-state index contributed by atoms with van der Waals surface area (Å²) in [5.41, 5.74) is 3.70. The van der Waals surface area contributed by atoms with Gasteiger partial charge in [0.15, 0.2) is 0 Å². The molecule has 0 amide bonds. The van der Waals surface area contributed by atoms with Crippen molar-refractivity contribution in [2.24, 2.45) is 0 Å². The Kier molecular flexibility index (Phi) is 11.7. The summed E-state index contributed by atoms with van der Waals surface area (Å²) in [6.45, 7) is 11.0. The molecule has 0 atom stereocenters. The second-order valence-electron chi connectivity index (χ2n) is 9.12. The van der Waals surface area contributed by atoms with Gasteiger partial charge in [-0.2, -0.15) is 0 Å². The average molecular weight is 557 g/mol. The predicted molar refractivity (Wildman–Crippen MR) is 160 cm³/mol. The van der Waals surface area contributed by atoms with Crippen LogP contribution in [0.15, 0.2) is 91.0 Å². The summed E-state index contributed by atoms with van der Waals surface area (Å²) in [4.78, 5) is 22.7. The van der Waals surface area contributed by atoms with Gasteiger partial charge in [0.25, 0.3) is 0 Å². The molecular formula is C34H33FO6. The van der Waals surface area contributed by atoms with E-state index in [4.69, 9.17) is 18.9 Å². The molecule has 0 fully saturated rings. The van der Waals surface area contributed by atoms with E-state index in [1.807, 2.05) is 60.7 Å². The van der Waals surface area contributed by atoms with Crippen molar-refractivity contribution in [2.75, 3.05) is 26.4 Å².